The topological polar surface area (TPSA) is 0 Å². The molecule has 0 aliphatic carbocycles. The molecule has 0 saturated carbocycles. The SMILES string of the molecule is [B]c1cccc2sc3c4ccccc4ccc3c12. The maximum atomic E-state index is 6.12. The molecule has 0 aliphatic rings. The molecule has 0 spiro atoms. The summed E-state index contributed by atoms with van der Waals surface area (Å²) in [4.78, 5) is 0. The van der Waals surface area contributed by atoms with Gasteiger partial charge in [0.2, 0.25) is 0 Å². The molecule has 82 valence electrons. The van der Waals surface area contributed by atoms with E-state index in [0.717, 1.165) is 5.46 Å². The van der Waals surface area contributed by atoms with E-state index in [4.69, 9.17) is 7.85 Å². The fraction of sp³-hybridized carbons (Fsp3) is 0. The van der Waals surface area contributed by atoms with Gasteiger partial charge in [0.15, 0.2) is 0 Å². The molecule has 0 nitrogen and oxygen atoms in total. The smallest absolute Gasteiger partial charge is 0.114 e. The van der Waals surface area contributed by atoms with Crippen molar-refractivity contribution < 1.29 is 0 Å². The first-order valence-electron chi connectivity index (χ1n) is 5.93. The van der Waals surface area contributed by atoms with Crippen LogP contribution in [0.15, 0.2) is 54.6 Å². The fourth-order valence-electron chi connectivity index (χ4n) is 2.58. The van der Waals surface area contributed by atoms with Crippen LogP contribution in [0.2, 0.25) is 0 Å². The Morgan fingerprint density at radius 2 is 1.67 bits per heavy atom. The Balaban J connectivity index is 2.34. The van der Waals surface area contributed by atoms with Gasteiger partial charge < -0.3 is 0 Å². The summed E-state index contributed by atoms with van der Waals surface area (Å²) in [5.74, 6) is 0. The standard InChI is InChI=1S/C16H9BS/c17-13-6-3-7-14-15(13)12-9-8-10-4-1-2-5-11(10)16(12)18-14/h1-9H. The molecule has 2 heteroatoms. The highest BCUT2D eigenvalue weighted by molar-refractivity contribution is 7.26. The van der Waals surface area contributed by atoms with E-state index in [2.05, 4.69) is 42.5 Å². The summed E-state index contributed by atoms with van der Waals surface area (Å²) in [7, 11) is 6.12. The van der Waals surface area contributed by atoms with Crippen molar-refractivity contribution in [1.82, 2.24) is 0 Å². The Labute approximate surface area is 110 Å². The summed E-state index contributed by atoms with van der Waals surface area (Å²) in [5, 5.41) is 5.07. The van der Waals surface area contributed by atoms with E-state index in [1.807, 2.05) is 23.5 Å². The molecule has 4 rings (SSSR count). The summed E-state index contributed by atoms with van der Waals surface area (Å²) < 4.78 is 2.60. The van der Waals surface area contributed by atoms with Crippen molar-refractivity contribution in [2.45, 2.75) is 0 Å². The zero-order chi connectivity index (χ0) is 12.1. The highest BCUT2D eigenvalue weighted by Gasteiger charge is 2.08. The Bertz CT molecular complexity index is 889. The predicted molar refractivity (Wildman–Crippen MR) is 82.2 cm³/mol. The van der Waals surface area contributed by atoms with Gasteiger partial charge in [-0.2, -0.15) is 0 Å². The first-order valence-corrected chi connectivity index (χ1v) is 6.75. The average molecular weight is 244 g/mol. The second-order valence-electron chi connectivity index (χ2n) is 4.49. The lowest BCUT2D eigenvalue weighted by molar-refractivity contribution is 1.82. The van der Waals surface area contributed by atoms with Crippen LogP contribution in [0.5, 0.6) is 0 Å². The molecule has 0 amide bonds. The second kappa shape index (κ2) is 3.60. The Morgan fingerprint density at radius 1 is 0.778 bits per heavy atom. The van der Waals surface area contributed by atoms with Gasteiger partial charge in [0.1, 0.15) is 7.85 Å². The lowest BCUT2D eigenvalue weighted by Gasteiger charge is -2.00. The van der Waals surface area contributed by atoms with Gasteiger partial charge in [-0.15, -0.1) is 11.3 Å². The molecule has 18 heavy (non-hydrogen) atoms. The molecule has 0 atom stereocenters. The lowest BCUT2D eigenvalue weighted by Crippen LogP contribution is -2.00. The molecule has 0 N–H and O–H groups in total. The third-order valence-corrected chi connectivity index (χ3v) is 4.62. The Hall–Kier alpha value is -1.80. The van der Waals surface area contributed by atoms with Crippen molar-refractivity contribution in [2.24, 2.45) is 0 Å². The van der Waals surface area contributed by atoms with Crippen LogP contribution in [-0.2, 0) is 0 Å². The van der Waals surface area contributed by atoms with Crippen LogP contribution >= 0.6 is 11.3 Å². The highest BCUT2D eigenvalue weighted by atomic mass is 32.1. The highest BCUT2D eigenvalue weighted by Crippen LogP contribution is 2.37. The lowest BCUT2D eigenvalue weighted by atomic mass is 9.91. The van der Waals surface area contributed by atoms with Crippen LogP contribution in [0.25, 0.3) is 30.9 Å². The van der Waals surface area contributed by atoms with Crippen molar-refractivity contribution >= 4 is 55.6 Å². The predicted octanol–water partition coefficient (Wildman–Crippen LogP) is 4.00. The summed E-state index contributed by atoms with van der Waals surface area (Å²) >= 11 is 1.83. The number of rotatable bonds is 0. The van der Waals surface area contributed by atoms with Crippen LogP contribution in [0.3, 0.4) is 0 Å². The average Bonchev–Trinajstić information content (AvgIpc) is 2.79. The summed E-state index contributed by atoms with van der Waals surface area (Å²) in [6, 6.07) is 19.0. The van der Waals surface area contributed by atoms with Gasteiger partial charge in [0, 0.05) is 14.8 Å². The molecular formula is C16H9BS. The minimum absolute atomic E-state index is 0.869. The summed E-state index contributed by atoms with van der Waals surface area (Å²) in [6.07, 6.45) is 0. The van der Waals surface area contributed by atoms with Crippen LogP contribution < -0.4 is 5.46 Å². The Kier molecular flexibility index (Phi) is 2.03. The minimum Gasteiger partial charge on any atom is -0.135 e. The van der Waals surface area contributed by atoms with E-state index in [9.17, 15) is 0 Å². The normalized spacial score (nSPS) is 11.6. The number of fused-ring (bicyclic) bond motifs is 5. The van der Waals surface area contributed by atoms with E-state index in [-0.39, 0.29) is 0 Å². The third kappa shape index (κ3) is 1.27. The molecule has 0 saturated heterocycles. The second-order valence-corrected chi connectivity index (χ2v) is 5.54. The zero-order valence-corrected chi connectivity index (χ0v) is 10.5. The maximum absolute atomic E-state index is 6.12. The molecule has 1 heterocycles. The molecular weight excluding hydrogens is 235 g/mol. The Morgan fingerprint density at radius 3 is 2.61 bits per heavy atom. The zero-order valence-electron chi connectivity index (χ0n) is 9.68. The van der Waals surface area contributed by atoms with Gasteiger partial charge in [-0.1, -0.05) is 54.0 Å². The van der Waals surface area contributed by atoms with E-state index >= 15 is 0 Å². The molecule has 4 aromatic rings. The van der Waals surface area contributed by atoms with Crippen molar-refractivity contribution in [3.05, 3.63) is 54.6 Å². The molecule has 3 aromatic carbocycles. The first-order chi connectivity index (χ1) is 8.84. The number of hydrogen-bond acceptors (Lipinski definition) is 1. The third-order valence-electron chi connectivity index (χ3n) is 3.42. The molecule has 0 unspecified atom stereocenters. The largest absolute Gasteiger partial charge is 0.135 e. The number of benzene rings is 3. The molecule has 2 radical (unpaired) electrons. The van der Waals surface area contributed by atoms with E-state index in [1.54, 1.807) is 0 Å². The van der Waals surface area contributed by atoms with E-state index in [0.29, 0.717) is 0 Å². The summed E-state index contributed by atoms with van der Waals surface area (Å²) in [6.45, 7) is 0. The van der Waals surface area contributed by atoms with Crippen molar-refractivity contribution in [3.63, 3.8) is 0 Å². The monoisotopic (exact) mass is 244 g/mol. The van der Waals surface area contributed by atoms with Crippen molar-refractivity contribution in [2.75, 3.05) is 0 Å². The van der Waals surface area contributed by atoms with Crippen molar-refractivity contribution in [3.8, 4) is 0 Å². The first kappa shape index (κ1) is 10.2. The number of hydrogen-bond donors (Lipinski definition) is 0. The quantitative estimate of drug-likeness (QED) is 0.410. The summed E-state index contributed by atoms with van der Waals surface area (Å²) in [5.41, 5.74) is 0.869. The van der Waals surface area contributed by atoms with Gasteiger partial charge in [0.05, 0.1) is 0 Å². The minimum atomic E-state index is 0.869. The van der Waals surface area contributed by atoms with Crippen LogP contribution in [0, 0.1) is 0 Å². The molecule has 0 fully saturated rings. The van der Waals surface area contributed by atoms with Crippen LogP contribution in [-0.4, -0.2) is 7.85 Å². The van der Waals surface area contributed by atoms with E-state index in [1.165, 1.54) is 30.9 Å². The van der Waals surface area contributed by atoms with Gasteiger partial charge in [-0.25, -0.2) is 0 Å². The van der Waals surface area contributed by atoms with Gasteiger partial charge in [-0.3, -0.25) is 0 Å². The fourth-order valence-corrected chi connectivity index (χ4v) is 3.85. The van der Waals surface area contributed by atoms with Gasteiger partial charge in [0.25, 0.3) is 0 Å². The number of thiophene rings is 1. The molecule has 0 bridgehead atoms. The van der Waals surface area contributed by atoms with E-state index < -0.39 is 0 Å². The van der Waals surface area contributed by atoms with Gasteiger partial charge in [-0.05, 0) is 22.2 Å². The van der Waals surface area contributed by atoms with Crippen LogP contribution in [0.1, 0.15) is 0 Å². The van der Waals surface area contributed by atoms with Crippen molar-refractivity contribution in [1.29, 1.82) is 0 Å². The molecule has 0 aliphatic heterocycles. The van der Waals surface area contributed by atoms with Gasteiger partial charge >= 0.3 is 0 Å². The van der Waals surface area contributed by atoms with Crippen LogP contribution in [0.4, 0.5) is 0 Å². The molecule has 1 aromatic heterocycles. The maximum Gasteiger partial charge on any atom is 0.114 e.